The lowest BCUT2D eigenvalue weighted by Gasteiger charge is -2.09. The molecule has 3 aromatic carbocycles. The fourth-order valence-electron chi connectivity index (χ4n) is 3.12. The molecule has 0 aliphatic carbocycles. The molecule has 0 amide bonds. The lowest BCUT2D eigenvalue weighted by molar-refractivity contribution is 0.0474. The average Bonchev–Trinajstić information content (AvgIpc) is 2.74. The molecule has 0 aliphatic heterocycles. The summed E-state index contributed by atoms with van der Waals surface area (Å²) in [6.07, 6.45) is 0. The van der Waals surface area contributed by atoms with Crippen LogP contribution in [0.1, 0.15) is 21.5 Å². The SMILES string of the molecule is Cc1cc2oc(=O)cc(COC(=O)c3ccc(-c4ccccc4)cc3)c2cc1Cl. The van der Waals surface area contributed by atoms with Gasteiger partial charge in [0.2, 0.25) is 0 Å². The number of esters is 1. The van der Waals surface area contributed by atoms with Crippen LogP contribution in [0.3, 0.4) is 0 Å². The second-order valence-corrected chi connectivity index (χ2v) is 7.11. The lowest BCUT2D eigenvalue weighted by atomic mass is 10.0. The summed E-state index contributed by atoms with van der Waals surface area (Å²) >= 11 is 6.20. The van der Waals surface area contributed by atoms with E-state index in [0.29, 0.717) is 27.1 Å². The Bertz CT molecular complexity index is 1240. The largest absolute Gasteiger partial charge is 0.457 e. The van der Waals surface area contributed by atoms with E-state index >= 15 is 0 Å². The standard InChI is InChI=1S/C24H17ClO4/c1-15-11-22-20(13-21(15)25)19(12-23(26)29-22)14-28-24(27)18-9-7-17(8-10-18)16-5-3-2-4-6-16/h2-13H,14H2,1H3. The Morgan fingerprint density at radius 2 is 1.66 bits per heavy atom. The van der Waals surface area contributed by atoms with E-state index in [1.807, 2.05) is 49.4 Å². The molecule has 0 N–H and O–H groups in total. The number of hydrogen-bond acceptors (Lipinski definition) is 4. The molecule has 4 nitrogen and oxygen atoms in total. The summed E-state index contributed by atoms with van der Waals surface area (Å²) in [5.74, 6) is -0.468. The highest BCUT2D eigenvalue weighted by Crippen LogP contribution is 2.26. The Morgan fingerprint density at radius 3 is 2.38 bits per heavy atom. The zero-order valence-electron chi connectivity index (χ0n) is 15.6. The van der Waals surface area contributed by atoms with Crippen molar-refractivity contribution in [2.45, 2.75) is 13.5 Å². The molecule has 144 valence electrons. The number of fused-ring (bicyclic) bond motifs is 1. The van der Waals surface area contributed by atoms with Crippen LogP contribution >= 0.6 is 11.6 Å². The Morgan fingerprint density at radius 1 is 0.966 bits per heavy atom. The molecule has 0 bridgehead atoms. The first kappa shape index (κ1) is 19.0. The van der Waals surface area contributed by atoms with Crippen molar-refractivity contribution in [1.82, 2.24) is 0 Å². The predicted molar refractivity (Wildman–Crippen MR) is 113 cm³/mol. The van der Waals surface area contributed by atoms with Gasteiger partial charge in [0.05, 0.1) is 5.56 Å². The minimum atomic E-state index is -0.502. The summed E-state index contributed by atoms with van der Waals surface area (Å²) < 4.78 is 10.7. The van der Waals surface area contributed by atoms with Gasteiger partial charge in [-0.15, -0.1) is 0 Å². The maximum absolute atomic E-state index is 12.5. The topological polar surface area (TPSA) is 56.5 Å². The van der Waals surface area contributed by atoms with Gasteiger partial charge in [-0.25, -0.2) is 9.59 Å². The molecule has 1 aromatic heterocycles. The van der Waals surface area contributed by atoms with Crippen LogP contribution in [0.5, 0.6) is 0 Å². The quantitative estimate of drug-likeness (QED) is 0.319. The second kappa shape index (κ2) is 7.94. The zero-order valence-corrected chi connectivity index (χ0v) is 16.4. The van der Waals surface area contributed by atoms with Crippen molar-refractivity contribution in [2.24, 2.45) is 0 Å². The molecule has 4 rings (SSSR count). The molecule has 4 aromatic rings. The van der Waals surface area contributed by atoms with Crippen LogP contribution in [0.15, 0.2) is 82.0 Å². The van der Waals surface area contributed by atoms with Gasteiger partial charge in [0.1, 0.15) is 12.2 Å². The van der Waals surface area contributed by atoms with Crippen LogP contribution in [0.25, 0.3) is 22.1 Å². The molecule has 0 fully saturated rings. The first-order valence-electron chi connectivity index (χ1n) is 9.07. The summed E-state index contributed by atoms with van der Waals surface area (Å²) in [4.78, 5) is 24.3. The van der Waals surface area contributed by atoms with Gasteiger partial charge in [-0.3, -0.25) is 0 Å². The van der Waals surface area contributed by atoms with E-state index in [1.165, 1.54) is 6.07 Å². The zero-order chi connectivity index (χ0) is 20.4. The highest BCUT2D eigenvalue weighted by molar-refractivity contribution is 6.32. The molecule has 0 spiro atoms. The summed E-state index contributed by atoms with van der Waals surface area (Å²) in [6.45, 7) is 1.77. The number of carbonyl (C=O) groups is 1. The van der Waals surface area contributed by atoms with Gasteiger partial charge in [-0.1, -0.05) is 54.1 Å². The number of halogens is 1. The van der Waals surface area contributed by atoms with E-state index in [2.05, 4.69) is 0 Å². The number of carbonyl (C=O) groups excluding carboxylic acids is 1. The predicted octanol–water partition coefficient (Wildman–Crippen LogP) is 5.78. The van der Waals surface area contributed by atoms with Gasteiger partial charge in [0.25, 0.3) is 0 Å². The van der Waals surface area contributed by atoms with Crippen molar-refractivity contribution >= 4 is 28.5 Å². The molecule has 0 saturated heterocycles. The highest BCUT2D eigenvalue weighted by atomic mass is 35.5. The minimum absolute atomic E-state index is 0.0548. The van der Waals surface area contributed by atoms with Crippen molar-refractivity contribution < 1.29 is 13.9 Å². The molecule has 1 heterocycles. The van der Waals surface area contributed by atoms with Crippen molar-refractivity contribution in [3.8, 4) is 11.1 Å². The van der Waals surface area contributed by atoms with E-state index < -0.39 is 11.6 Å². The maximum atomic E-state index is 12.5. The van der Waals surface area contributed by atoms with Gasteiger partial charge < -0.3 is 9.15 Å². The smallest absolute Gasteiger partial charge is 0.338 e. The van der Waals surface area contributed by atoms with E-state index in [-0.39, 0.29) is 6.61 Å². The highest BCUT2D eigenvalue weighted by Gasteiger charge is 2.12. The molecule has 0 saturated carbocycles. The van der Waals surface area contributed by atoms with E-state index in [1.54, 1.807) is 24.3 Å². The Labute approximate surface area is 172 Å². The first-order chi connectivity index (χ1) is 14.0. The van der Waals surface area contributed by atoms with Gasteiger partial charge in [-0.2, -0.15) is 0 Å². The van der Waals surface area contributed by atoms with Crippen molar-refractivity contribution in [3.05, 3.63) is 105 Å². The molecular formula is C24H17ClO4. The van der Waals surface area contributed by atoms with Crippen molar-refractivity contribution in [3.63, 3.8) is 0 Å². The van der Waals surface area contributed by atoms with Crippen LogP contribution < -0.4 is 5.63 Å². The fourth-order valence-corrected chi connectivity index (χ4v) is 3.29. The van der Waals surface area contributed by atoms with E-state index in [9.17, 15) is 9.59 Å². The Balaban J connectivity index is 1.54. The number of rotatable bonds is 4. The van der Waals surface area contributed by atoms with Gasteiger partial charge in [0, 0.05) is 22.0 Å². The average molecular weight is 405 g/mol. The summed E-state index contributed by atoms with van der Waals surface area (Å²) in [6, 6.07) is 21.8. The van der Waals surface area contributed by atoms with Crippen LogP contribution in [0.2, 0.25) is 5.02 Å². The second-order valence-electron chi connectivity index (χ2n) is 6.71. The third-order valence-electron chi connectivity index (χ3n) is 4.70. The van der Waals surface area contributed by atoms with E-state index in [4.69, 9.17) is 20.8 Å². The summed E-state index contributed by atoms with van der Waals surface area (Å²) in [5.41, 5.74) is 3.78. The third-order valence-corrected chi connectivity index (χ3v) is 5.10. The number of aryl methyl sites for hydroxylation is 1. The lowest BCUT2D eigenvalue weighted by Crippen LogP contribution is -2.08. The molecule has 29 heavy (non-hydrogen) atoms. The van der Waals surface area contributed by atoms with Gasteiger partial charge in [-0.05, 0) is 47.9 Å². The van der Waals surface area contributed by atoms with Crippen molar-refractivity contribution in [1.29, 1.82) is 0 Å². The minimum Gasteiger partial charge on any atom is -0.457 e. The Hall–Kier alpha value is -3.37. The molecule has 0 atom stereocenters. The normalized spacial score (nSPS) is 10.8. The Kier molecular flexibility index (Phi) is 5.19. The summed E-state index contributed by atoms with van der Waals surface area (Å²) in [7, 11) is 0. The maximum Gasteiger partial charge on any atom is 0.338 e. The molecule has 0 unspecified atom stereocenters. The third kappa shape index (κ3) is 4.08. The van der Waals surface area contributed by atoms with Crippen LogP contribution in [0.4, 0.5) is 0 Å². The van der Waals surface area contributed by atoms with E-state index in [0.717, 1.165) is 16.7 Å². The molecule has 5 heteroatoms. The molecule has 0 aliphatic rings. The van der Waals surface area contributed by atoms with Gasteiger partial charge in [0.15, 0.2) is 0 Å². The molecular weight excluding hydrogens is 388 g/mol. The van der Waals surface area contributed by atoms with Crippen LogP contribution in [0, 0.1) is 6.92 Å². The number of benzene rings is 3. The van der Waals surface area contributed by atoms with Crippen LogP contribution in [-0.2, 0) is 11.3 Å². The fraction of sp³-hybridized carbons (Fsp3) is 0.0833. The monoisotopic (exact) mass is 404 g/mol. The van der Waals surface area contributed by atoms with Gasteiger partial charge >= 0.3 is 11.6 Å². The first-order valence-corrected chi connectivity index (χ1v) is 9.44. The van der Waals surface area contributed by atoms with Crippen LogP contribution in [-0.4, -0.2) is 5.97 Å². The van der Waals surface area contributed by atoms with Crippen molar-refractivity contribution in [2.75, 3.05) is 0 Å². The number of ether oxygens (including phenoxy) is 1. The molecule has 0 radical (unpaired) electrons. The number of hydrogen-bond donors (Lipinski definition) is 0. The summed E-state index contributed by atoms with van der Waals surface area (Å²) in [5, 5.41) is 1.20.